The van der Waals surface area contributed by atoms with Gasteiger partial charge in [-0.15, -0.1) is 5.10 Å². The molecule has 27 heavy (non-hydrogen) atoms. The van der Waals surface area contributed by atoms with Crippen LogP contribution in [-0.2, 0) is 16.6 Å². The molecular formula is C20H17N5O2. The second kappa shape index (κ2) is 8.48. The zero-order valence-electron chi connectivity index (χ0n) is 14.6. The van der Waals surface area contributed by atoms with Gasteiger partial charge in [0.1, 0.15) is 0 Å². The highest BCUT2D eigenvalue weighted by atomic mass is 16.2. The predicted octanol–water partition coefficient (Wildman–Crippen LogP) is 2.50. The maximum Gasteiger partial charge on any atom is 0.280 e. The van der Waals surface area contributed by atoms with E-state index in [1.807, 2.05) is 60.7 Å². The van der Waals surface area contributed by atoms with E-state index in [1.165, 1.54) is 16.9 Å². The van der Waals surface area contributed by atoms with Crippen LogP contribution in [0.25, 0.3) is 12.2 Å². The van der Waals surface area contributed by atoms with Crippen LogP contribution >= 0.6 is 0 Å². The Hall–Kier alpha value is -3.87. The fraction of sp³-hybridized carbons (Fsp3) is 0.0500. The summed E-state index contributed by atoms with van der Waals surface area (Å²) in [5.74, 6) is -1.20. The molecule has 3 rings (SSSR count). The number of hydrogen-bond donors (Lipinski definition) is 0. The van der Waals surface area contributed by atoms with Crippen LogP contribution in [0, 0.1) is 0 Å². The van der Waals surface area contributed by atoms with E-state index in [0.717, 1.165) is 16.0 Å². The first-order valence-electron chi connectivity index (χ1n) is 8.22. The van der Waals surface area contributed by atoms with E-state index in [0.29, 0.717) is 0 Å². The number of imide groups is 1. The van der Waals surface area contributed by atoms with Crippen molar-refractivity contribution in [1.29, 1.82) is 0 Å². The van der Waals surface area contributed by atoms with Gasteiger partial charge in [-0.05, 0) is 28.5 Å². The second-order valence-electron chi connectivity index (χ2n) is 5.58. The molecule has 0 atom stereocenters. The molecule has 3 aromatic rings. The molecule has 7 heteroatoms. The van der Waals surface area contributed by atoms with Crippen LogP contribution in [0.15, 0.2) is 72.8 Å². The highest BCUT2D eigenvalue weighted by Gasteiger charge is 2.24. The molecule has 0 N–H and O–H groups in total. The molecule has 0 saturated heterocycles. The van der Waals surface area contributed by atoms with E-state index in [-0.39, 0.29) is 5.95 Å². The Labute approximate surface area is 156 Å². The Morgan fingerprint density at radius 3 is 1.74 bits per heavy atom. The number of amides is 2. The lowest BCUT2D eigenvalue weighted by molar-refractivity contribution is -0.121. The van der Waals surface area contributed by atoms with Gasteiger partial charge in [-0.2, -0.15) is 4.80 Å². The predicted molar refractivity (Wildman–Crippen MR) is 102 cm³/mol. The van der Waals surface area contributed by atoms with Crippen LogP contribution in [0.5, 0.6) is 0 Å². The first-order valence-corrected chi connectivity index (χ1v) is 8.22. The molecule has 0 bridgehead atoms. The van der Waals surface area contributed by atoms with Gasteiger partial charge in [0, 0.05) is 12.2 Å². The summed E-state index contributed by atoms with van der Waals surface area (Å²) < 4.78 is 0. The fourth-order valence-corrected chi connectivity index (χ4v) is 2.28. The summed E-state index contributed by atoms with van der Waals surface area (Å²) in [4.78, 5) is 27.4. The highest BCUT2D eigenvalue weighted by molar-refractivity contribution is 6.22. The third-order valence-electron chi connectivity index (χ3n) is 3.57. The Balaban J connectivity index is 1.84. The lowest BCUT2D eigenvalue weighted by Crippen LogP contribution is -2.35. The third kappa shape index (κ3) is 4.82. The van der Waals surface area contributed by atoms with E-state index in [2.05, 4.69) is 15.4 Å². The molecule has 2 aromatic carbocycles. The monoisotopic (exact) mass is 359 g/mol. The molecule has 0 aliphatic heterocycles. The summed E-state index contributed by atoms with van der Waals surface area (Å²) >= 11 is 0. The third-order valence-corrected chi connectivity index (χ3v) is 3.57. The van der Waals surface area contributed by atoms with Crippen LogP contribution in [0.4, 0.5) is 5.95 Å². The van der Waals surface area contributed by atoms with Crippen molar-refractivity contribution in [2.45, 2.75) is 0 Å². The van der Waals surface area contributed by atoms with Crippen LogP contribution in [0.2, 0.25) is 0 Å². The number of rotatable bonds is 5. The topological polar surface area (TPSA) is 81.0 Å². The van der Waals surface area contributed by atoms with Crippen molar-refractivity contribution in [2.75, 3.05) is 4.90 Å². The lowest BCUT2D eigenvalue weighted by Gasteiger charge is -2.12. The van der Waals surface area contributed by atoms with Gasteiger partial charge in [0.05, 0.1) is 7.05 Å². The van der Waals surface area contributed by atoms with E-state index < -0.39 is 11.8 Å². The smallest absolute Gasteiger partial charge is 0.269 e. The van der Waals surface area contributed by atoms with Gasteiger partial charge in [-0.3, -0.25) is 9.59 Å². The van der Waals surface area contributed by atoms with Crippen molar-refractivity contribution in [2.24, 2.45) is 7.05 Å². The number of carbonyl (C=O) groups is 2. The molecule has 134 valence electrons. The quantitative estimate of drug-likeness (QED) is 0.654. The van der Waals surface area contributed by atoms with E-state index in [9.17, 15) is 9.59 Å². The number of anilines is 1. The molecule has 2 amide bonds. The van der Waals surface area contributed by atoms with E-state index in [1.54, 1.807) is 19.2 Å². The minimum Gasteiger partial charge on any atom is -0.269 e. The molecule has 0 aliphatic carbocycles. The summed E-state index contributed by atoms with van der Waals surface area (Å²) in [6.45, 7) is 0. The van der Waals surface area contributed by atoms with Gasteiger partial charge in [0.25, 0.3) is 17.8 Å². The largest absolute Gasteiger partial charge is 0.280 e. The number of hydrogen-bond acceptors (Lipinski definition) is 5. The zero-order chi connectivity index (χ0) is 19.1. The maximum absolute atomic E-state index is 12.6. The van der Waals surface area contributed by atoms with Crippen molar-refractivity contribution in [3.8, 4) is 0 Å². The van der Waals surface area contributed by atoms with Crippen molar-refractivity contribution in [1.82, 2.24) is 20.2 Å². The Morgan fingerprint density at radius 1 is 0.852 bits per heavy atom. The van der Waals surface area contributed by atoms with E-state index >= 15 is 0 Å². The molecule has 1 aromatic heterocycles. The van der Waals surface area contributed by atoms with Crippen LogP contribution < -0.4 is 4.90 Å². The van der Waals surface area contributed by atoms with Gasteiger partial charge >= 0.3 is 0 Å². The SMILES string of the molecule is Cn1nnc(N(C(=O)/C=C/c2ccccc2)C(=O)/C=C/c2ccccc2)n1. The first kappa shape index (κ1) is 17.9. The summed E-state index contributed by atoms with van der Waals surface area (Å²) in [6.07, 6.45) is 5.86. The molecule has 0 saturated carbocycles. The van der Waals surface area contributed by atoms with Crippen LogP contribution in [0.3, 0.4) is 0 Å². The van der Waals surface area contributed by atoms with Gasteiger partial charge < -0.3 is 0 Å². The average molecular weight is 359 g/mol. The zero-order valence-corrected chi connectivity index (χ0v) is 14.6. The molecule has 0 spiro atoms. The van der Waals surface area contributed by atoms with Crippen molar-refractivity contribution in [3.63, 3.8) is 0 Å². The van der Waals surface area contributed by atoms with Crippen molar-refractivity contribution in [3.05, 3.63) is 83.9 Å². The van der Waals surface area contributed by atoms with Crippen molar-refractivity contribution < 1.29 is 9.59 Å². The molecule has 0 radical (unpaired) electrons. The molecule has 0 fully saturated rings. The number of aromatic nitrogens is 4. The lowest BCUT2D eigenvalue weighted by atomic mass is 10.2. The summed E-state index contributed by atoms with van der Waals surface area (Å²) in [5.41, 5.74) is 1.68. The summed E-state index contributed by atoms with van der Waals surface area (Å²) in [6, 6.07) is 18.6. The number of tetrazole rings is 1. The minimum atomic E-state index is -0.561. The summed E-state index contributed by atoms with van der Waals surface area (Å²) in [7, 11) is 1.56. The number of aryl methyl sites for hydroxylation is 1. The van der Waals surface area contributed by atoms with Crippen molar-refractivity contribution >= 4 is 29.9 Å². The van der Waals surface area contributed by atoms with E-state index in [4.69, 9.17) is 0 Å². The van der Waals surface area contributed by atoms with Crippen LogP contribution in [0.1, 0.15) is 11.1 Å². The highest BCUT2D eigenvalue weighted by Crippen LogP contribution is 2.10. The van der Waals surface area contributed by atoms with Gasteiger partial charge in [-0.1, -0.05) is 65.8 Å². The minimum absolute atomic E-state index is 0.0806. The number of carbonyl (C=O) groups excluding carboxylic acids is 2. The Kier molecular flexibility index (Phi) is 5.64. The molecule has 0 unspecified atom stereocenters. The molecule has 7 nitrogen and oxygen atoms in total. The standard InChI is InChI=1S/C20H17N5O2/c1-24-22-20(21-23-24)25(18(26)14-12-16-8-4-2-5-9-16)19(27)15-13-17-10-6-3-7-11-17/h2-15H,1H3/b14-12+,15-13+. The first-order chi connectivity index (χ1) is 13.1. The molecule has 0 aliphatic rings. The van der Waals surface area contributed by atoms with Gasteiger partial charge in [-0.25, -0.2) is 4.90 Å². The fourth-order valence-electron chi connectivity index (χ4n) is 2.28. The normalized spacial score (nSPS) is 11.1. The number of nitrogens with zero attached hydrogens (tertiary/aromatic N) is 5. The number of benzene rings is 2. The Bertz CT molecular complexity index is 916. The van der Waals surface area contributed by atoms with Gasteiger partial charge in [0.2, 0.25) is 0 Å². The van der Waals surface area contributed by atoms with Gasteiger partial charge in [0.15, 0.2) is 0 Å². The maximum atomic E-state index is 12.6. The second-order valence-corrected chi connectivity index (χ2v) is 5.58. The van der Waals surface area contributed by atoms with Crippen LogP contribution in [-0.4, -0.2) is 32.0 Å². The molecular weight excluding hydrogens is 342 g/mol. The molecule has 1 heterocycles. The summed E-state index contributed by atoms with van der Waals surface area (Å²) in [5, 5.41) is 11.5. The Morgan fingerprint density at radius 2 is 1.33 bits per heavy atom. The average Bonchev–Trinajstić information content (AvgIpc) is 3.12.